The van der Waals surface area contributed by atoms with Crippen molar-refractivity contribution in [2.45, 2.75) is 52.2 Å². The molecule has 0 aromatic carbocycles. The van der Waals surface area contributed by atoms with Crippen LogP contribution < -0.4 is 4.74 Å². The van der Waals surface area contributed by atoms with Crippen LogP contribution in [0.2, 0.25) is 0 Å². The molecule has 3 heterocycles. The predicted octanol–water partition coefficient (Wildman–Crippen LogP) is 4.77. The van der Waals surface area contributed by atoms with E-state index in [4.69, 9.17) is 23.6 Å². The predicted molar refractivity (Wildman–Crippen MR) is 110 cm³/mol. The molecule has 0 fully saturated rings. The van der Waals surface area contributed by atoms with Crippen LogP contribution in [0.5, 0.6) is 5.75 Å². The normalized spacial score (nSPS) is 24.9. The highest BCUT2D eigenvalue weighted by Gasteiger charge is 2.57. The van der Waals surface area contributed by atoms with Gasteiger partial charge in [-0.25, -0.2) is 4.98 Å². The average molecular weight is 397 g/mol. The van der Waals surface area contributed by atoms with Gasteiger partial charge in [-0.2, -0.15) is 0 Å². The second-order valence-electron chi connectivity index (χ2n) is 8.52. The smallest absolute Gasteiger partial charge is 0.229 e. The maximum atomic E-state index is 13.9. The third-order valence-electron chi connectivity index (χ3n) is 6.22. The van der Waals surface area contributed by atoms with Crippen LogP contribution in [0.4, 0.5) is 0 Å². The van der Waals surface area contributed by atoms with Crippen molar-refractivity contribution in [2.24, 2.45) is 5.92 Å². The first kappa shape index (κ1) is 19.7. The van der Waals surface area contributed by atoms with Crippen molar-refractivity contribution < 1.29 is 23.4 Å². The van der Waals surface area contributed by atoms with Crippen LogP contribution in [-0.4, -0.2) is 30.6 Å². The maximum Gasteiger partial charge on any atom is 0.229 e. The Bertz CT molecular complexity index is 1070. The van der Waals surface area contributed by atoms with Crippen LogP contribution in [0.15, 0.2) is 34.0 Å². The largest absolute Gasteiger partial charge is 0.495 e. The third kappa shape index (κ3) is 2.58. The molecule has 1 aliphatic heterocycles. The van der Waals surface area contributed by atoms with Gasteiger partial charge >= 0.3 is 0 Å². The highest BCUT2D eigenvalue weighted by Crippen LogP contribution is 2.55. The van der Waals surface area contributed by atoms with E-state index < -0.39 is 11.2 Å². The van der Waals surface area contributed by atoms with E-state index in [0.29, 0.717) is 40.5 Å². The van der Waals surface area contributed by atoms with Gasteiger partial charge in [0.1, 0.15) is 17.1 Å². The molecule has 2 aromatic rings. The molecule has 0 radical (unpaired) electrons. The van der Waals surface area contributed by atoms with Crippen LogP contribution in [0.25, 0.3) is 16.9 Å². The van der Waals surface area contributed by atoms with Crippen molar-refractivity contribution in [3.05, 3.63) is 40.8 Å². The fourth-order valence-electron chi connectivity index (χ4n) is 4.25. The summed E-state index contributed by atoms with van der Waals surface area (Å²) >= 11 is 0. The molecule has 0 N–H and O–H groups in total. The van der Waals surface area contributed by atoms with Crippen molar-refractivity contribution in [2.75, 3.05) is 14.2 Å². The number of rotatable bonds is 4. The molecule has 2 aromatic heterocycles. The van der Waals surface area contributed by atoms with Crippen molar-refractivity contribution in [1.29, 1.82) is 0 Å². The molecule has 154 valence electrons. The lowest BCUT2D eigenvalue weighted by molar-refractivity contribution is -0.139. The Morgan fingerprint density at radius 2 is 2.03 bits per heavy atom. The Balaban J connectivity index is 2.12. The molecule has 29 heavy (non-hydrogen) atoms. The molecular weight excluding hydrogens is 370 g/mol. The number of hydrogen-bond donors (Lipinski definition) is 0. The number of methoxy groups -OCH3 is 2. The van der Waals surface area contributed by atoms with Gasteiger partial charge in [0.2, 0.25) is 11.5 Å². The number of pyridine rings is 1. The number of ether oxygens (including phenoxy) is 3. The zero-order chi connectivity index (χ0) is 21.1. The lowest BCUT2D eigenvalue weighted by atomic mass is 9.73. The van der Waals surface area contributed by atoms with E-state index in [9.17, 15) is 4.79 Å². The number of aromatic nitrogens is 1. The number of ketones is 1. The van der Waals surface area contributed by atoms with E-state index in [-0.39, 0.29) is 11.7 Å². The lowest BCUT2D eigenvalue weighted by Crippen LogP contribution is -2.44. The van der Waals surface area contributed by atoms with Gasteiger partial charge in [-0.3, -0.25) is 4.79 Å². The molecule has 2 atom stereocenters. The van der Waals surface area contributed by atoms with Crippen LogP contribution in [0, 0.1) is 5.92 Å². The van der Waals surface area contributed by atoms with Gasteiger partial charge in [0.05, 0.1) is 30.0 Å². The Kier molecular flexibility index (Phi) is 4.39. The second kappa shape index (κ2) is 6.46. The summed E-state index contributed by atoms with van der Waals surface area (Å²) in [4.78, 5) is 18.6. The van der Waals surface area contributed by atoms with Crippen molar-refractivity contribution in [1.82, 2.24) is 4.98 Å². The maximum absolute atomic E-state index is 13.9. The summed E-state index contributed by atoms with van der Waals surface area (Å²) in [6.07, 6.45) is 3.93. The molecule has 6 nitrogen and oxygen atoms in total. The Labute approximate surface area is 170 Å². The van der Waals surface area contributed by atoms with Crippen molar-refractivity contribution >= 4 is 22.6 Å². The number of fused-ring (bicyclic) bond motifs is 3. The fourth-order valence-corrected chi connectivity index (χ4v) is 4.25. The first-order valence-electron chi connectivity index (χ1n) is 9.80. The fraction of sp³-hybridized carbons (Fsp3) is 0.478. The van der Waals surface area contributed by atoms with E-state index in [0.717, 1.165) is 11.0 Å². The summed E-state index contributed by atoms with van der Waals surface area (Å²) in [6.45, 7) is 9.99. The van der Waals surface area contributed by atoms with E-state index >= 15 is 0 Å². The molecule has 0 saturated heterocycles. The van der Waals surface area contributed by atoms with Gasteiger partial charge in [0, 0.05) is 25.0 Å². The van der Waals surface area contributed by atoms with Gasteiger partial charge in [-0.15, -0.1) is 0 Å². The Morgan fingerprint density at radius 1 is 1.31 bits per heavy atom. The summed E-state index contributed by atoms with van der Waals surface area (Å²) in [5, 5.41) is 0.737. The lowest BCUT2D eigenvalue weighted by Gasteiger charge is -2.35. The molecule has 2 aliphatic rings. The first-order chi connectivity index (χ1) is 13.7. The SMILES string of the molecule is COc1c2c(nc3occc13)C(CC=C(C)C)(OC)C(=O)C1=C2OC(C)(C)C1C. The molecule has 4 rings (SSSR count). The quantitative estimate of drug-likeness (QED) is 0.692. The number of furan rings is 1. The zero-order valence-corrected chi connectivity index (χ0v) is 18.0. The first-order valence-corrected chi connectivity index (χ1v) is 9.80. The van der Waals surface area contributed by atoms with E-state index in [1.165, 1.54) is 0 Å². The summed E-state index contributed by atoms with van der Waals surface area (Å²) in [6, 6.07) is 1.81. The summed E-state index contributed by atoms with van der Waals surface area (Å²) in [5.74, 6) is 0.907. The molecular formula is C23H27NO5. The van der Waals surface area contributed by atoms with E-state index in [2.05, 4.69) is 0 Å². The second-order valence-corrected chi connectivity index (χ2v) is 8.52. The molecule has 1 aliphatic carbocycles. The molecule has 0 bridgehead atoms. The van der Waals surface area contributed by atoms with Gasteiger partial charge in [0.25, 0.3) is 0 Å². The standard InChI is InChI=1S/C23H27NO5/c1-12(2)8-10-23(27-7)19-16(17(26-6)14-9-11-28-21(14)24-19)18-15(20(23)25)13(3)22(4,5)29-18/h8-9,11,13H,10H2,1-7H3. The van der Waals surface area contributed by atoms with Crippen molar-refractivity contribution in [3.63, 3.8) is 0 Å². The van der Waals surface area contributed by atoms with E-state index in [1.54, 1.807) is 20.5 Å². The number of Topliss-reactive ketones (excluding diaryl/α,β-unsaturated/α-hetero) is 1. The monoisotopic (exact) mass is 397 g/mol. The Morgan fingerprint density at radius 3 is 2.66 bits per heavy atom. The van der Waals surface area contributed by atoms with E-state index in [1.807, 2.05) is 46.8 Å². The number of hydrogen-bond acceptors (Lipinski definition) is 6. The minimum Gasteiger partial charge on any atom is -0.495 e. The number of nitrogens with zero attached hydrogens (tertiary/aromatic N) is 1. The zero-order valence-electron chi connectivity index (χ0n) is 18.0. The number of carbonyl (C=O) groups excluding carboxylic acids is 1. The summed E-state index contributed by atoms with van der Waals surface area (Å²) in [5.41, 5.74) is 1.49. The average Bonchev–Trinajstić information content (AvgIpc) is 3.23. The van der Waals surface area contributed by atoms with Gasteiger partial charge < -0.3 is 18.6 Å². The number of allylic oxidation sites excluding steroid dienone is 1. The minimum absolute atomic E-state index is 0.107. The molecule has 6 heteroatoms. The van der Waals surface area contributed by atoms with Gasteiger partial charge in [-0.1, -0.05) is 18.6 Å². The molecule has 0 spiro atoms. The van der Waals surface area contributed by atoms with Crippen LogP contribution in [0.1, 0.15) is 52.3 Å². The molecule has 0 saturated carbocycles. The highest BCUT2D eigenvalue weighted by molar-refractivity contribution is 6.13. The van der Waals surface area contributed by atoms with Crippen LogP contribution in [-0.2, 0) is 19.9 Å². The summed E-state index contributed by atoms with van der Waals surface area (Å²) in [7, 11) is 3.16. The Hall–Kier alpha value is -2.60. The van der Waals surface area contributed by atoms with Gasteiger partial charge in [0.15, 0.2) is 5.60 Å². The number of carbonyl (C=O) groups is 1. The topological polar surface area (TPSA) is 70.8 Å². The van der Waals surface area contributed by atoms with Gasteiger partial charge in [-0.05, 0) is 33.8 Å². The molecule has 0 amide bonds. The highest BCUT2D eigenvalue weighted by atomic mass is 16.5. The third-order valence-corrected chi connectivity index (χ3v) is 6.22. The van der Waals surface area contributed by atoms with Crippen LogP contribution >= 0.6 is 0 Å². The van der Waals surface area contributed by atoms with Crippen LogP contribution in [0.3, 0.4) is 0 Å². The summed E-state index contributed by atoms with van der Waals surface area (Å²) < 4.78 is 23.7. The molecule has 2 unspecified atom stereocenters. The van der Waals surface area contributed by atoms with Crippen molar-refractivity contribution in [3.8, 4) is 5.75 Å². The minimum atomic E-state index is -1.27.